The molecule has 0 unspecified atom stereocenters. The van der Waals surface area contributed by atoms with Crippen LogP contribution in [0, 0.1) is 5.82 Å². The van der Waals surface area contributed by atoms with Crippen molar-refractivity contribution >= 4 is 28.7 Å². The van der Waals surface area contributed by atoms with Gasteiger partial charge in [-0.1, -0.05) is 12.1 Å². The quantitative estimate of drug-likeness (QED) is 0.702. The lowest BCUT2D eigenvalue weighted by Gasteiger charge is -2.17. The Morgan fingerprint density at radius 1 is 0.960 bits per heavy atom. The fourth-order valence-corrected chi connectivity index (χ4v) is 3.03. The predicted molar refractivity (Wildman–Crippen MR) is 97.5 cm³/mol. The Morgan fingerprint density at radius 2 is 1.72 bits per heavy atom. The van der Waals surface area contributed by atoms with Gasteiger partial charge in [0, 0.05) is 28.3 Å². The van der Waals surface area contributed by atoms with Crippen molar-refractivity contribution < 1.29 is 9.18 Å². The zero-order valence-electron chi connectivity index (χ0n) is 13.4. The van der Waals surface area contributed by atoms with Gasteiger partial charge in [-0.15, -0.1) is 0 Å². The number of hydrogen-bond donors (Lipinski definition) is 2. The molecular formula is C20H16FN3O. The van der Waals surface area contributed by atoms with E-state index >= 15 is 0 Å². The van der Waals surface area contributed by atoms with Gasteiger partial charge in [0.1, 0.15) is 5.82 Å². The highest BCUT2D eigenvalue weighted by Gasteiger charge is 2.28. The maximum Gasteiger partial charge on any atom is 0.258 e. The molecule has 0 saturated heterocycles. The van der Waals surface area contributed by atoms with Gasteiger partial charge in [0.15, 0.2) is 0 Å². The summed E-state index contributed by atoms with van der Waals surface area (Å²) in [6.45, 7) is 0.489. The van der Waals surface area contributed by atoms with Crippen molar-refractivity contribution in [1.82, 2.24) is 0 Å². The molecule has 3 aromatic rings. The van der Waals surface area contributed by atoms with Crippen LogP contribution in [0.3, 0.4) is 0 Å². The van der Waals surface area contributed by atoms with Gasteiger partial charge in [0.05, 0.1) is 6.54 Å². The van der Waals surface area contributed by atoms with Gasteiger partial charge in [-0.3, -0.25) is 4.79 Å². The molecule has 0 atom stereocenters. The lowest BCUT2D eigenvalue weighted by molar-refractivity contribution is 0.0996. The van der Waals surface area contributed by atoms with Crippen LogP contribution in [0.1, 0.15) is 15.9 Å². The highest BCUT2D eigenvalue weighted by molar-refractivity contribution is 6.10. The van der Waals surface area contributed by atoms with E-state index in [0.717, 1.165) is 16.9 Å². The molecule has 124 valence electrons. The van der Waals surface area contributed by atoms with E-state index in [-0.39, 0.29) is 11.7 Å². The van der Waals surface area contributed by atoms with Gasteiger partial charge in [-0.2, -0.15) is 0 Å². The molecule has 0 saturated carbocycles. The number of anilines is 4. The van der Waals surface area contributed by atoms with Crippen LogP contribution in [0.25, 0.3) is 0 Å². The number of hydrogen-bond acceptors (Lipinski definition) is 3. The third kappa shape index (κ3) is 2.92. The maximum absolute atomic E-state index is 13.3. The van der Waals surface area contributed by atoms with Crippen LogP contribution in [0.2, 0.25) is 0 Å². The molecule has 0 fully saturated rings. The number of carbonyl (C=O) groups is 1. The third-order valence-electron chi connectivity index (χ3n) is 4.20. The Kier molecular flexibility index (Phi) is 3.61. The summed E-state index contributed by atoms with van der Waals surface area (Å²) >= 11 is 0. The predicted octanol–water partition coefficient (Wildman–Crippen LogP) is 4.31. The molecule has 5 heteroatoms. The molecule has 0 aromatic heterocycles. The Balaban J connectivity index is 1.61. The highest BCUT2D eigenvalue weighted by atomic mass is 19.1. The molecule has 4 rings (SSSR count). The molecule has 0 radical (unpaired) electrons. The average Bonchev–Trinajstić information content (AvgIpc) is 2.91. The Morgan fingerprint density at radius 3 is 2.52 bits per heavy atom. The van der Waals surface area contributed by atoms with Gasteiger partial charge in [-0.25, -0.2) is 4.39 Å². The Bertz CT molecular complexity index is 971. The van der Waals surface area contributed by atoms with Crippen LogP contribution in [-0.2, 0) is 6.54 Å². The summed E-state index contributed by atoms with van der Waals surface area (Å²) in [6, 6.07) is 19.1. The number of nitrogens with two attached hydrogens (primary N) is 1. The normalized spacial score (nSPS) is 13.0. The first kappa shape index (κ1) is 15.2. The van der Waals surface area contributed by atoms with E-state index in [1.807, 2.05) is 30.3 Å². The molecule has 3 aromatic carbocycles. The summed E-state index contributed by atoms with van der Waals surface area (Å²) in [5.41, 5.74) is 10.3. The Labute approximate surface area is 144 Å². The molecular weight excluding hydrogens is 317 g/mol. The molecule has 0 spiro atoms. The van der Waals surface area contributed by atoms with E-state index in [4.69, 9.17) is 5.73 Å². The number of rotatable bonds is 3. The SMILES string of the molecule is Nc1ccc2c(c1)CN(c1cccc(Nc3cccc(F)c3)c1)C2=O. The van der Waals surface area contributed by atoms with Crippen LogP contribution < -0.4 is 16.0 Å². The molecule has 4 nitrogen and oxygen atoms in total. The number of benzene rings is 3. The number of carbonyl (C=O) groups excluding carboxylic acids is 1. The second-order valence-corrected chi connectivity index (χ2v) is 5.99. The summed E-state index contributed by atoms with van der Waals surface area (Å²) in [7, 11) is 0. The average molecular weight is 333 g/mol. The number of amides is 1. The lowest BCUT2D eigenvalue weighted by Crippen LogP contribution is -2.22. The molecule has 1 aliphatic rings. The Hall–Kier alpha value is -3.34. The zero-order chi connectivity index (χ0) is 17.4. The second-order valence-electron chi connectivity index (χ2n) is 5.99. The van der Waals surface area contributed by atoms with E-state index < -0.39 is 0 Å². The zero-order valence-corrected chi connectivity index (χ0v) is 13.4. The van der Waals surface area contributed by atoms with Gasteiger partial charge in [-0.05, 0) is 60.2 Å². The first-order valence-electron chi connectivity index (χ1n) is 7.93. The minimum atomic E-state index is -0.302. The van der Waals surface area contributed by atoms with E-state index in [1.165, 1.54) is 12.1 Å². The van der Waals surface area contributed by atoms with E-state index in [9.17, 15) is 9.18 Å². The molecule has 0 aliphatic carbocycles. The number of fused-ring (bicyclic) bond motifs is 1. The smallest absolute Gasteiger partial charge is 0.258 e. The van der Waals surface area contributed by atoms with Gasteiger partial charge >= 0.3 is 0 Å². The monoisotopic (exact) mass is 333 g/mol. The lowest BCUT2D eigenvalue weighted by atomic mass is 10.1. The molecule has 1 heterocycles. The molecule has 1 aliphatic heterocycles. The van der Waals surface area contributed by atoms with Crippen molar-refractivity contribution in [2.75, 3.05) is 16.0 Å². The van der Waals surface area contributed by atoms with Gasteiger partial charge in [0.25, 0.3) is 5.91 Å². The number of nitrogens with zero attached hydrogens (tertiary/aromatic N) is 1. The number of nitrogen functional groups attached to an aromatic ring is 1. The van der Waals surface area contributed by atoms with Crippen LogP contribution >= 0.6 is 0 Å². The van der Waals surface area contributed by atoms with Gasteiger partial charge in [0.2, 0.25) is 0 Å². The fourth-order valence-electron chi connectivity index (χ4n) is 3.03. The van der Waals surface area contributed by atoms with Gasteiger partial charge < -0.3 is 16.0 Å². The van der Waals surface area contributed by atoms with Crippen molar-refractivity contribution in [2.45, 2.75) is 6.54 Å². The third-order valence-corrected chi connectivity index (χ3v) is 4.20. The number of halogens is 1. The maximum atomic E-state index is 13.3. The van der Waals surface area contributed by atoms with Crippen LogP contribution in [0.4, 0.5) is 27.1 Å². The van der Waals surface area contributed by atoms with Crippen molar-refractivity contribution in [3.63, 3.8) is 0 Å². The molecule has 25 heavy (non-hydrogen) atoms. The minimum Gasteiger partial charge on any atom is -0.399 e. The van der Waals surface area contributed by atoms with E-state index in [2.05, 4.69) is 5.32 Å². The largest absolute Gasteiger partial charge is 0.399 e. The van der Waals surface area contributed by atoms with Crippen molar-refractivity contribution in [2.24, 2.45) is 0 Å². The molecule has 0 bridgehead atoms. The van der Waals surface area contributed by atoms with Crippen LogP contribution in [-0.4, -0.2) is 5.91 Å². The first-order valence-corrected chi connectivity index (χ1v) is 7.93. The van der Waals surface area contributed by atoms with Crippen molar-refractivity contribution in [3.8, 4) is 0 Å². The highest BCUT2D eigenvalue weighted by Crippen LogP contribution is 2.31. The van der Waals surface area contributed by atoms with E-state index in [0.29, 0.717) is 23.5 Å². The van der Waals surface area contributed by atoms with Crippen LogP contribution in [0.5, 0.6) is 0 Å². The van der Waals surface area contributed by atoms with E-state index in [1.54, 1.807) is 29.2 Å². The fraction of sp³-hybridized carbons (Fsp3) is 0.0500. The summed E-state index contributed by atoms with van der Waals surface area (Å²) in [4.78, 5) is 14.3. The number of nitrogens with one attached hydrogen (secondary N) is 1. The first-order chi connectivity index (χ1) is 12.1. The standard InChI is InChI=1S/C20H16FN3O/c21-14-3-1-4-16(10-14)23-17-5-2-6-18(11-17)24-12-13-9-15(22)7-8-19(13)20(24)25/h1-11,23H,12,22H2. The van der Waals surface area contributed by atoms with Crippen molar-refractivity contribution in [1.29, 1.82) is 0 Å². The van der Waals surface area contributed by atoms with Crippen molar-refractivity contribution in [3.05, 3.63) is 83.7 Å². The van der Waals surface area contributed by atoms with Crippen LogP contribution in [0.15, 0.2) is 66.7 Å². The summed E-state index contributed by atoms with van der Waals surface area (Å²) in [5, 5.41) is 3.16. The minimum absolute atomic E-state index is 0.0436. The molecule has 3 N–H and O–H groups in total. The summed E-state index contributed by atoms with van der Waals surface area (Å²) < 4.78 is 13.3. The summed E-state index contributed by atoms with van der Waals surface area (Å²) in [5.74, 6) is -0.346. The molecule has 1 amide bonds. The second kappa shape index (κ2) is 5.94. The summed E-state index contributed by atoms with van der Waals surface area (Å²) in [6.07, 6.45) is 0. The topological polar surface area (TPSA) is 58.4 Å².